The van der Waals surface area contributed by atoms with E-state index in [4.69, 9.17) is 10.5 Å². The van der Waals surface area contributed by atoms with Crippen LogP contribution in [-0.2, 0) is 25.7 Å². The van der Waals surface area contributed by atoms with Crippen LogP contribution in [0.3, 0.4) is 0 Å². The van der Waals surface area contributed by atoms with Gasteiger partial charge in [0.15, 0.2) is 0 Å². The normalized spacial score (nSPS) is 19.5. The van der Waals surface area contributed by atoms with Crippen LogP contribution in [0.5, 0.6) is 0 Å². The number of nitrogens with zero attached hydrogens (tertiary/aromatic N) is 1. The second-order valence-corrected chi connectivity index (χ2v) is 8.39. The van der Waals surface area contributed by atoms with E-state index in [2.05, 4.69) is 5.32 Å². The average molecular weight is 454 g/mol. The van der Waals surface area contributed by atoms with E-state index in [-0.39, 0.29) is 36.7 Å². The lowest BCUT2D eigenvalue weighted by Crippen LogP contribution is -2.60. The minimum Gasteiger partial charge on any atom is -0.459 e. The van der Waals surface area contributed by atoms with Gasteiger partial charge in [0, 0.05) is 6.54 Å². The van der Waals surface area contributed by atoms with Crippen molar-refractivity contribution in [2.45, 2.75) is 77.6 Å². The highest BCUT2D eigenvalue weighted by molar-refractivity contribution is 5.93. The van der Waals surface area contributed by atoms with E-state index in [9.17, 15) is 14.4 Å². The molecule has 7 nitrogen and oxygen atoms in total. The number of likely N-dealkylation sites (tertiary alicyclic amines) is 1. The Labute approximate surface area is 191 Å². The van der Waals surface area contributed by atoms with Gasteiger partial charge >= 0.3 is 5.97 Å². The summed E-state index contributed by atoms with van der Waals surface area (Å²) in [6, 6.07) is 8.09. The minimum absolute atomic E-state index is 0. The number of esters is 1. The predicted molar refractivity (Wildman–Crippen MR) is 122 cm³/mol. The molecule has 1 aromatic rings. The van der Waals surface area contributed by atoms with Gasteiger partial charge in [-0.15, -0.1) is 12.4 Å². The Kier molecular flexibility index (Phi) is 10.5. The van der Waals surface area contributed by atoms with Crippen LogP contribution in [0.2, 0.25) is 0 Å². The Morgan fingerprint density at radius 1 is 1.26 bits per heavy atom. The maximum atomic E-state index is 13.3. The van der Waals surface area contributed by atoms with E-state index in [0.29, 0.717) is 25.8 Å². The highest BCUT2D eigenvalue weighted by atomic mass is 35.5. The van der Waals surface area contributed by atoms with E-state index in [1.54, 1.807) is 11.8 Å². The lowest BCUT2D eigenvalue weighted by molar-refractivity contribution is -0.155. The van der Waals surface area contributed by atoms with Crippen molar-refractivity contribution in [1.29, 1.82) is 0 Å². The Hall–Kier alpha value is -2.12. The molecule has 1 heterocycles. The van der Waals surface area contributed by atoms with Crippen molar-refractivity contribution in [2.24, 2.45) is 11.7 Å². The number of hydrogen-bond donors (Lipinski definition) is 2. The fourth-order valence-electron chi connectivity index (χ4n) is 3.43. The molecule has 2 amide bonds. The van der Waals surface area contributed by atoms with Crippen molar-refractivity contribution in [2.75, 3.05) is 6.54 Å². The van der Waals surface area contributed by atoms with Gasteiger partial charge in [-0.2, -0.15) is 0 Å². The lowest BCUT2D eigenvalue weighted by Gasteiger charge is -2.33. The molecule has 0 bridgehead atoms. The van der Waals surface area contributed by atoms with Crippen molar-refractivity contribution in [1.82, 2.24) is 10.2 Å². The van der Waals surface area contributed by atoms with Crippen LogP contribution in [0.25, 0.3) is 0 Å². The summed E-state index contributed by atoms with van der Waals surface area (Å²) >= 11 is 0. The number of amides is 2. The van der Waals surface area contributed by atoms with Gasteiger partial charge in [0.05, 0.1) is 5.54 Å². The van der Waals surface area contributed by atoms with Crippen LogP contribution < -0.4 is 11.1 Å². The standard InChI is InChI=1S/C23H35N3O4.ClH/c1-5-16(3)19(25-22(29)23(4,24)6-2)20(27)26-14-10-13-18(26)21(28)30-15-17-11-8-7-9-12-17;/h7-9,11-12,16,18-19H,5-6,10,13-15,24H2,1-4H3,(H,25,29);1H/t16-,18+,19-,23-;/m0./s1. The fraction of sp³-hybridized carbons (Fsp3) is 0.609. The van der Waals surface area contributed by atoms with Gasteiger partial charge in [-0.1, -0.05) is 57.5 Å². The fourth-order valence-corrected chi connectivity index (χ4v) is 3.43. The van der Waals surface area contributed by atoms with Gasteiger partial charge in [-0.25, -0.2) is 4.79 Å². The first-order valence-corrected chi connectivity index (χ1v) is 10.8. The maximum Gasteiger partial charge on any atom is 0.329 e. The number of carbonyl (C=O) groups is 3. The molecule has 0 spiro atoms. The number of benzene rings is 1. The van der Waals surface area contributed by atoms with Crippen LogP contribution in [-0.4, -0.2) is 46.9 Å². The second-order valence-electron chi connectivity index (χ2n) is 8.39. The zero-order valence-electron chi connectivity index (χ0n) is 18.9. The first kappa shape index (κ1) is 26.9. The van der Waals surface area contributed by atoms with Crippen molar-refractivity contribution >= 4 is 30.2 Å². The maximum absolute atomic E-state index is 13.3. The molecule has 1 saturated heterocycles. The zero-order chi connectivity index (χ0) is 22.3. The highest BCUT2D eigenvalue weighted by Crippen LogP contribution is 2.23. The van der Waals surface area contributed by atoms with E-state index in [0.717, 1.165) is 12.0 Å². The summed E-state index contributed by atoms with van der Waals surface area (Å²) in [5.41, 5.74) is 5.91. The van der Waals surface area contributed by atoms with Crippen molar-refractivity contribution in [3.05, 3.63) is 35.9 Å². The molecule has 0 radical (unpaired) electrons. The van der Waals surface area contributed by atoms with Crippen LogP contribution in [0.1, 0.15) is 58.9 Å². The Balaban J connectivity index is 0.00000480. The molecule has 31 heavy (non-hydrogen) atoms. The molecule has 174 valence electrons. The third kappa shape index (κ3) is 6.94. The number of hydrogen-bond acceptors (Lipinski definition) is 5. The van der Waals surface area contributed by atoms with Gasteiger partial charge in [-0.05, 0) is 37.7 Å². The molecule has 0 saturated carbocycles. The van der Waals surface area contributed by atoms with E-state index in [1.165, 1.54) is 0 Å². The molecule has 0 unspecified atom stereocenters. The molecule has 1 aromatic carbocycles. The first-order valence-electron chi connectivity index (χ1n) is 10.8. The summed E-state index contributed by atoms with van der Waals surface area (Å²) in [4.78, 5) is 40.2. The summed E-state index contributed by atoms with van der Waals surface area (Å²) in [7, 11) is 0. The monoisotopic (exact) mass is 453 g/mol. The molecule has 0 aliphatic carbocycles. The number of halogens is 1. The highest BCUT2D eigenvalue weighted by Gasteiger charge is 2.41. The molecule has 8 heteroatoms. The third-order valence-corrected chi connectivity index (χ3v) is 6.05. The van der Waals surface area contributed by atoms with Gasteiger partial charge in [0.2, 0.25) is 11.8 Å². The number of rotatable bonds is 9. The summed E-state index contributed by atoms with van der Waals surface area (Å²) in [5, 5.41) is 2.85. The van der Waals surface area contributed by atoms with Crippen molar-refractivity contribution in [3.8, 4) is 0 Å². The molecule has 2 rings (SSSR count). The van der Waals surface area contributed by atoms with Gasteiger partial charge in [0.1, 0.15) is 18.7 Å². The Morgan fingerprint density at radius 3 is 2.48 bits per heavy atom. The molecule has 4 atom stereocenters. The van der Waals surface area contributed by atoms with Crippen LogP contribution >= 0.6 is 12.4 Å². The lowest BCUT2D eigenvalue weighted by atomic mass is 9.94. The van der Waals surface area contributed by atoms with Gasteiger partial charge in [0.25, 0.3) is 0 Å². The van der Waals surface area contributed by atoms with E-state index >= 15 is 0 Å². The summed E-state index contributed by atoms with van der Waals surface area (Å²) in [5.74, 6) is -1.10. The number of ether oxygens (including phenoxy) is 1. The molecule has 1 aliphatic heterocycles. The largest absolute Gasteiger partial charge is 0.459 e. The molecule has 3 N–H and O–H groups in total. The number of nitrogens with two attached hydrogens (primary N) is 1. The van der Waals surface area contributed by atoms with Crippen molar-refractivity contribution in [3.63, 3.8) is 0 Å². The van der Waals surface area contributed by atoms with E-state index in [1.807, 2.05) is 51.1 Å². The molecule has 0 aromatic heterocycles. The Bertz CT molecular complexity index is 742. The second kappa shape index (κ2) is 12.1. The van der Waals surface area contributed by atoms with Crippen LogP contribution in [0, 0.1) is 5.92 Å². The van der Waals surface area contributed by atoms with Crippen molar-refractivity contribution < 1.29 is 19.1 Å². The first-order chi connectivity index (χ1) is 14.2. The van der Waals surface area contributed by atoms with Crippen LogP contribution in [0.4, 0.5) is 0 Å². The predicted octanol–water partition coefficient (Wildman–Crippen LogP) is 2.80. The molecule has 1 fully saturated rings. The summed E-state index contributed by atoms with van der Waals surface area (Å²) in [6.07, 6.45) is 2.45. The summed E-state index contributed by atoms with van der Waals surface area (Å²) < 4.78 is 5.47. The number of nitrogens with one attached hydrogen (secondary N) is 1. The topological polar surface area (TPSA) is 102 Å². The summed E-state index contributed by atoms with van der Waals surface area (Å²) in [6.45, 7) is 8.01. The Morgan fingerprint density at radius 2 is 1.90 bits per heavy atom. The van der Waals surface area contributed by atoms with Gasteiger partial charge < -0.3 is 20.7 Å². The average Bonchev–Trinajstić information content (AvgIpc) is 3.25. The zero-order valence-corrected chi connectivity index (χ0v) is 19.7. The minimum atomic E-state index is -1.05. The number of carbonyl (C=O) groups excluding carboxylic acids is 3. The quantitative estimate of drug-likeness (QED) is 0.560. The SMILES string of the molecule is CC[C@H](C)[C@H](NC(=O)[C@@](C)(N)CC)C(=O)N1CCC[C@@H]1C(=O)OCc1ccccc1.Cl. The molecular formula is C23H36ClN3O4. The molecule has 1 aliphatic rings. The van der Waals surface area contributed by atoms with E-state index < -0.39 is 23.6 Å². The van der Waals surface area contributed by atoms with Gasteiger partial charge in [-0.3, -0.25) is 9.59 Å². The third-order valence-electron chi connectivity index (χ3n) is 6.05. The molecular weight excluding hydrogens is 418 g/mol. The smallest absolute Gasteiger partial charge is 0.329 e. The van der Waals surface area contributed by atoms with Crippen LogP contribution in [0.15, 0.2) is 30.3 Å².